The fourth-order valence-electron chi connectivity index (χ4n) is 2.72. The average Bonchev–Trinajstić information content (AvgIpc) is 2.63. The molecule has 0 radical (unpaired) electrons. The Balaban J connectivity index is 1.72. The van der Waals surface area contributed by atoms with E-state index in [-0.39, 0.29) is 5.54 Å². The van der Waals surface area contributed by atoms with E-state index in [1.165, 1.54) is 25.7 Å². The second-order valence-corrected chi connectivity index (χ2v) is 5.54. The summed E-state index contributed by atoms with van der Waals surface area (Å²) in [5, 5.41) is 3.67. The number of nitrogens with one attached hydrogen (secondary N) is 1. The van der Waals surface area contributed by atoms with Gasteiger partial charge in [0, 0.05) is 18.2 Å². The van der Waals surface area contributed by atoms with Crippen LogP contribution in [0.5, 0.6) is 0 Å². The van der Waals surface area contributed by atoms with Crippen molar-refractivity contribution in [3.05, 3.63) is 0 Å². The second kappa shape index (κ2) is 4.81. The van der Waals surface area contributed by atoms with Gasteiger partial charge in [-0.05, 0) is 45.1 Å². The number of hydrogen-bond donors (Lipinski definition) is 2. The van der Waals surface area contributed by atoms with E-state index < -0.39 is 0 Å². The summed E-state index contributed by atoms with van der Waals surface area (Å²) in [6, 6.07) is 0.443. The Morgan fingerprint density at radius 2 is 2.33 bits per heavy atom. The maximum Gasteiger partial charge on any atom is 0.0646 e. The Morgan fingerprint density at radius 3 is 3.00 bits per heavy atom. The Labute approximate surface area is 92.7 Å². The topological polar surface area (TPSA) is 47.3 Å². The van der Waals surface area contributed by atoms with Gasteiger partial charge in [-0.15, -0.1) is 0 Å². The largest absolute Gasteiger partial charge is 0.379 e. The zero-order valence-corrected chi connectivity index (χ0v) is 9.80. The van der Waals surface area contributed by atoms with Gasteiger partial charge in [-0.2, -0.15) is 0 Å². The van der Waals surface area contributed by atoms with Crippen LogP contribution < -0.4 is 11.1 Å². The highest BCUT2D eigenvalue weighted by molar-refractivity contribution is 4.88. The van der Waals surface area contributed by atoms with Crippen molar-refractivity contribution in [2.45, 2.75) is 50.6 Å². The van der Waals surface area contributed by atoms with Crippen LogP contribution in [0.15, 0.2) is 0 Å². The van der Waals surface area contributed by atoms with Crippen LogP contribution in [0, 0.1) is 5.92 Å². The quantitative estimate of drug-likeness (QED) is 0.740. The lowest BCUT2D eigenvalue weighted by Crippen LogP contribution is -2.46. The third-order valence-electron chi connectivity index (χ3n) is 3.86. The van der Waals surface area contributed by atoms with E-state index in [1.807, 2.05) is 0 Å². The Bertz CT molecular complexity index is 202. The molecule has 3 nitrogen and oxygen atoms in total. The zero-order chi connectivity index (χ0) is 10.7. The van der Waals surface area contributed by atoms with Crippen LogP contribution in [-0.4, -0.2) is 31.3 Å². The lowest BCUT2D eigenvalue weighted by molar-refractivity contribution is 0.167. The van der Waals surface area contributed by atoms with Gasteiger partial charge in [-0.3, -0.25) is 0 Å². The van der Waals surface area contributed by atoms with Crippen molar-refractivity contribution in [3.8, 4) is 0 Å². The van der Waals surface area contributed by atoms with E-state index in [1.54, 1.807) is 0 Å². The molecule has 1 heterocycles. The maximum atomic E-state index is 5.99. The summed E-state index contributed by atoms with van der Waals surface area (Å²) in [5.74, 6) is 0.783. The molecule has 3 atom stereocenters. The van der Waals surface area contributed by atoms with Gasteiger partial charge >= 0.3 is 0 Å². The summed E-state index contributed by atoms with van der Waals surface area (Å²) in [6.45, 7) is 5.16. The molecule has 0 aromatic carbocycles. The molecule has 0 bridgehead atoms. The molecule has 2 rings (SSSR count). The molecule has 15 heavy (non-hydrogen) atoms. The Morgan fingerprint density at radius 1 is 1.47 bits per heavy atom. The van der Waals surface area contributed by atoms with Gasteiger partial charge in [0.1, 0.15) is 0 Å². The average molecular weight is 212 g/mol. The molecule has 3 N–H and O–H groups in total. The molecular formula is C12H24N2O. The van der Waals surface area contributed by atoms with Crippen molar-refractivity contribution in [2.24, 2.45) is 11.7 Å². The van der Waals surface area contributed by atoms with Crippen LogP contribution in [0.4, 0.5) is 0 Å². The van der Waals surface area contributed by atoms with E-state index in [2.05, 4.69) is 12.2 Å². The first-order chi connectivity index (χ1) is 7.18. The summed E-state index contributed by atoms with van der Waals surface area (Å²) in [7, 11) is 0. The highest BCUT2D eigenvalue weighted by Crippen LogP contribution is 2.24. The minimum atomic E-state index is 0.224. The van der Waals surface area contributed by atoms with Crippen molar-refractivity contribution >= 4 is 0 Å². The summed E-state index contributed by atoms with van der Waals surface area (Å²) >= 11 is 0. The van der Waals surface area contributed by atoms with Crippen LogP contribution in [0.3, 0.4) is 0 Å². The molecule has 0 amide bonds. The Hall–Kier alpha value is -0.120. The van der Waals surface area contributed by atoms with Gasteiger partial charge in [0.05, 0.1) is 6.61 Å². The van der Waals surface area contributed by atoms with Gasteiger partial charge in [0.2, 0.25) is 0 Å². The van der Waals surface area contributed by atoms with Crippen molar-refractivity contribution in [1.82, 2.24) is 5.32 Å². The molecule has 1 aliphatic heterocycles. The number of nitrogens with two attached hydrogens (primary N) is 1. The van der Waals surface area contributed by atoms with Crippen LogP contribution >= 0.6 is 0 Å². The minimum Gasteiger partial charge on any atom is -0.379 e. The van der Waals surface area contributed by atoms with E-state index in [9.17, 15) is 0 Å². The highest BCUT2D eigenvalue weighted by Gasteiger charge is 2.30. The molecule has 1 saturated heterocycles. The molecular weight excluding hydrogens is 188 g/mol. The predicted molar refractivity (Wildman–Crippen MR) is 61.8 cm³/mol. The summed E-state index contributed by atoms with van der Waals surface area (Å²) in [6.07, 6.45) is 6.21. The molecule has 88 valence electrons. The van der Waals surface area contributed by atoms with Crippen LogP contribution in [-0.2, 0) is 4.74 Å². The summed E-state index contributed by atoms with van der Waals surface area (Å²) < 4.78 is 5.43. The molecule has 3 heteroatoms. The third kappa shape index (κ3) is 3.16. The fraction of sp³-hybridized carbons (Fsp3) is 1.00. The van der Waals surface area contributed by atoms with Crippen LogP contribution in [0.2, 0.25) is 0 Å². The van der Waals surface area contributed by atoms with Gasteiger partial charge in [-0.1, -0.05) is 6.42 Å². The molecule has 0 aromatic heterocycles. The van der Waals surface area contributed by atoms with Crippen LogP contribution in [0.25, 0.3) is 0 Å². The first kappa shape index (κ1) is 11.4. The van der Waals surface area contributed by atoms with E-state index in [0.29, 0.717) is 6.04 Å². The van der Waals surface area contributed by atoms with Crippen LogP contribution in [0.1, 0.15) is 39.0 Å². The molecule has 0 aromatic rings. The molecule has 1 aliphatic carbocycles. The third-order valence-corrected chi connectivity index (χ3v) is 3.86. The molecule has 3 unspecified atom stereocenters. The standard InChI is InChI=1S/C12H24N2O/c1-12(5-6-15-9-12)14-8-10-3-2-4-11(13)7-10/h10-11,14H,2-9,13H2,1H3. The van der Waals surface area contributed by atoms with E-state index in [4.69, 9.17) is 10.5 Å². The smallest absolute Gasteiger partial charge is 0.0646 e. The van der Waals surface area contributed by atoms with Gasteiger partial charge < -0.3 is 15.8 Å². The molecule has 2 fully saturated rings. The first-order valence-corrected chi connectivity index (χ1v) is 6.26. The molecule has 1 saturated carbocycles. The lowest BCUT2D eigenvalue weighted by Gasteiger charge is -2.31. The Kier molecular flexibility index (Phi) is 3.65. The lowest BCUT2D eigenvalue weighted by atomic mass is 9.85. The summed E-state index contributed by atoms with van der Waals surface area (Å²) in [4.78, 5) is 0. The number of hydrogen-bond acceptors (Lipinski definition) is 3. The predicted octanol–water partition coefficient (Wildman–Crippen LogP) is 1.27. The van der Waals surface area contributed by atoms with Crippen molar-refractivity contribution in [1.29, 1.82) is 0 Å². The summed E-state index contributed by atoms with van der Waals surface area (Å²) in [5.41, 5.74) is 6.21. The first-order valence-electron chi connectivity index (χ1n) is 6.26. The SMILES string of the molecule is CC1(NCC2CCCC(N)C2)CCOC1. The number of ether oxygens (including phenoxy) is 1. The normalized spacial score (nSPS) is 42.0. The van der Waals surface area contributed by atoms with Crippen molar-refractivity contribution in [3.63, 3.8) is 0 Å². The minimum absolute atomic E-state index is 0.224. The van der Waals surface area contributed by atoms with Gasteiger partial charge in [-0.25, -0.2) is 0 Å². The van der Waals surface area contributed by atoms with Gasteiger partial charge in [0.15, 0.2) is 0 Å². The molecule has 2 aliphatic rings. The fourth-order valence-corrected chi connectivity index (χ4v) is 2.72. The van der Waals surface area contributed by atoms with Crippen molar-refractivity contribution in [2.75, 3.05) is 19.8 Å². The van der Waals surface area contributed by atoms with E-state index >= 15 is 0 Å². The van der Waals surface area contributed by atoms with Gasteiger partial charge in [0.25, 0.3) is 0 Å². The monoisotopic (exact) mass is 212 g/mol. The second-order valence-electron chi connectivity index (χ2n) is 5.54. The highest BCUT2D eigenvalue weighted by atomic mass is 16.5. The number of rotatable bonds is 3. The zero-order valence-electron chi connectivity index (χ0n) is 9.80. The van der Waals surface area contributed by atoms with E-state index in [0.717, 1.165) is 32.1 Å². The van der Waals surface area contributed by atoms with Crippen molar-refractivity contribution < 1.29 is 4.74 Å². The molecule has 0 spiro atoms. The maximum absolute atomic E-state index is 5.99.